The summed E-state index contributed by atoms with van der Waals surface area (Å²) >= 11 is 7.85. The number of ether oxygens (including phenoxy) is 1. The van der Waals surface area contributed by atoms with Crippen LogP contribution in [0, 0.1) is 0 Å². The summed E-state index contributed by atoms with van der Waals surface area (Å²) < 4.78 is 5.15. The van der Waals surface area contributed by atoms with Crippen LogP contribution in [0.15, 0.2) is 29.3 Å². The molecule has 2 N–H and O–H groups in total. The number of halogens is 1. The van der Waals surface area contributed by atoms with Crippen molar-refractivity contribution in [3.05, 3.63) is 34.9 Å². The van der Waals surface area contributed by atoms with Crippen molar-refractivity contribution < 1.29 is 4.74 Å². The summed E-state index contributed by atoms with van der Waals surface area (Å²) in [5, 5.41) is 7.65. The number of nitrogens with one attached hydrogen (secondary N) is 2. The Kier molecular flexibility index (Phi) is 9.36. The molecule has 1 aromatic carbocycles. The van der Waals surface area contributed by atoms with Crippen LogP contribution in [0.5, 0.6) is 0 Å². The summed E-state index contributed by atoms with van der Waals surface area (Å²) in [7, 11) is 1.70. The van der Waals surface area contributed by atoms with Gasteiger partial charge in [0.1, 0.15) is 0 Å². The Bertz CT molecular complexity index is 470. The van der Waals surface area contributed by atoms with Gasteiger partial charge in [0.25, 0.3) is 0 Å². The van der Waals surface area contributed by atoms with Crippen molar-refractivity contribution in [1.29, 1.82) is 0 Å². The number of nitrogens with zero attached hydrogens (tertiary/aromatic N) is 1. The van der Waals surface area contributed by atoms with Crippen molar-refractivity contribution in [2.45, 2.75) is 25.1 Å². The van der Waals surface area contributed by atoms with Crippen molar-refractivity contribution in [2.75, 3.05) is 33.1 Å². The van der Waals surface area contributed by atoms with Crippen LogP contribution >= 0.6 is 23.4 Å². The van der Waals surface area contributed by atoms with Crippen molar-refractivity contribution in [1.82, 2.24) is 10.6 Å². The highest BCUT2D eigenvalue weighted by molar-refractivity contribution is 7.98. The Morgan fingerprint density at radius 1 is 1.45 bits per heavy atom. The number of aliphatic imine (C=N–C) groups is 1. The van der Waals surface area contributed by atoms with Gasteiger partial charge in [0.05, 0.1) is 13.2 Å². The number of hydrogen-bond donors (Lipinski definition) is 2. The highest BCUT2D eigenvalue weighted by Gasteiger charge is 2.11. The second kappa shape index (κ2) is 10.8. The maximum absolute atomic E-state index is 6.08. The van der Waals surface area contributed by atoms with E-state index in [-0.39, 0.29) is 11.3 Å². The van der Waals surface area contributed by atoms with Crippen molar-refractivity contribution in [3.8, 4) is 0 Å². The molecule has 0 amide bonds. The fourth-order valence-electron chi connectivity index (χ4n) is 2.04. The lowest BCUT2D eigenvalue weighted by atomic mass is 10.1. The summed E-state index contributed by atoms with van der Waals surface area (Å²) in [6, 6.07) is 8.18. The molecule has 1 aromatic rings. The molecule has 0 aromatic heterocycles. The number of hydrogen-bond acceptors (Lipinski definition) is 3. The molecule has 0 aliphatic rings. The average Bonchev–Trinajstić information content (AvgIpc) is 2.48. The summed E-state index contributed by atoms with van der Waals surface area (Å²) in [5.74, 6) is 0.813. The van der Waals surface area contributed by atoms with E-state index in [2.05, 4.69) is 41.8 Å². The van der Waals surface area contributed by atoms with Crippen LogP contribution in [0.2, 0.25) is 5.02 Å². The molecule has 124 valence electrons. The molecule has 2 atom stereocenters. The van der Waals surface area contributed by atoms with E-state index in [1.54, 1.807) is 18.9 Å². The van der Waals surface area contributed by atoms with Gasteiger partial charge in [0, 0.05) is 30.0 Å². The number of methoxy groups -OCH3 is 1. The summed E-state index contributed by atoms with van der Waals surface area (Å²) in [6.45, 7) is 6.29. The molecule has 2 unspecified atom stereocenters. The van der Waals surface area contributed by atoms with Gasteiger partial charge in [-0.05, 0) is 37.8 Å². The molecular formula is C16H26ClN3OS. The van der Waals surface area contributed by atoms with Gasteiger partial charge in [-0.25, -0.2) is 0 Å². The molecule has 0 saturated carbocycles. The molecule has 1 rings (SSSR count). The largest absolute Gasteiger partial charge is 0.383 e. The standard InChI is InChI=1S/C16H26ClN3OS/c1-5-18-16(20-12(2)11-21-3)19-10-15(22-4)13-7-6-8-14(17)9-13/h6-9,12,15H,5,10-11H2,1-4H3,(H2,18,19,20). The molecular weight excluding hydrogens is 318 g/mol. The van der Waals surface area contributed by atoms with E-state index >= 15 is 0 Å². The molecule has 0 spiro atoms. The monoisotopic (exact) mass is 343 g/mol. The zero-order chi connectivity index (χ0) is 16.4. The molecule has 0 radical (unpaired) electrons. The number of benzene rings is 1. The third kappa shape index (κ3) is 6.90. The maximum atomic E-state index is 6.08. The Hall–Kier alpha value is -0.910. The molecule has 0 aliphatic heterocycles. The van der Waals surface area contributed by atoms with E-state index in [0.717, 1.165) is 17.5 Å². The van der Waals surface area contributed by atoms with Crippen molar-refractivity contribution in [2.24, 2.45) is 4.99 Å². The van der Waals surface area contributed by atoms with E-state index in [9.17, 15) is 0 Å². The minimum absolute atomic E-state index is 0.210. The van der Waals surface area contributed by atoms with Gasteiger partial charge in [0.2, 0.25) is 0 Å². The normalized spacial score (nSPS) is 14.5. The van der Waals surface area contributed by atoms with Crippen LogP contribution < -0.4 is 10.6 Å². The molecule has 0 saturated heterocycles. The van der Waals surface area contributed by atoms with Gasteiger partial charge >= 0.3 is 0 Å². The summed E-state index contributed by atoms with van der Waals surface area (Å²) in [5.41, 5.74) is 1.20. The Morgan fingerprint density at radius 3 is 2.82 bits per heavy atom. The lowest BCUT2D eigenvalue weighted by Gasteiger charge is -2.18. The predicted octanol–water partition coefficient (Wildman–Crippen LogP) is 3.33. The smallest absolute Gasteiger partial charge is 0.191 e. The van der Waals surface area contributed by atoms with Gasteiger partial charge in [-0.2, -0.15) is 11.8 Å². The van der Waals surface area contributed by atoms with E-state index < -0.39 is 0 Å². The summed E-state index contributed by atoms with van der Waals surface area (Å²) in [6.07, 6.45) is 2.09. The van der Waals surface area contributed by atoms with Crippen LogP contribution in [0.25, 0.3) is 0 Å². The zero-order valence-electron chi connectivity index (χ0n) is 13.7. The lowest BCUT2D eigenvalue weighted by Crippen LogP contribution is -2.44. The predicted molar refractivity (Wildman–Crippen MR) is 98.2 cm³/mol. The van der Waals surface area contributed by atoms with E-state index in [1.165, 1.54) is 5.56 Å². The minimum atomic E-state index is 0.210. The first-order valence-corrected chi connectivity index (χ1v) is 9.09. The molecule has 0 aliphatic carbocycles. The van der Waals surface area contributed by atoms with Gasteiger partial charge in [0.15, 0.2) is 5.96 Å². The number of thioether (sulfide) groups is 1. The van der Waals surface area contributed by atoms with Crippen LogP contribution in [0.3, 0.4) is 0 Å². The Balaban J connectivity index is 2.73. The quantitative estimate of drug-likeness (QED) is 0.561. The minimum Gasteiger partial charge on any atom is -0.383 e. The first-order chi connectivity index (χ1) is 10.6. The molecule has 0 bridgehead atoms. The zero-order valence-corrected chi connectivity index (χ0v) is 15.3. The topological polar surface area (TPSA) is 45.7 Å². The SMILES string of the molecule is CCNC(=NCC(SC)c1cccc(Cl)c1)NC(C)COC. The van der Waals surface area contributed by atoms with E-state index in [1.807, 2.05) is 18.2 Å². The average molecular weight is 344 g/mol. The third-order valence-electron chi connectivity index (χ3n) is 3.06. The van der Waals surface area contributed by atoms with Crippen LogP contribution in [0.4, 0.5) is 0 Å². The first kappa shape index (κ1) is 19.1. The van der Waals surface area contributed by atoms with Crippen LogP contribution in [-0.2, 0) is 4.74 Å². The van der Waals surface area contributed by atoms with E-state index in [4.69, 9.17) is 16.3 Å². The Morgan fingerprint density at radius 2 is 2.23 bits per heavy atom. The maximum Gasteiger partial charge on any atom is 0.191 e. The highest BCUT2D eigenvalue weighted by Crippen LogP contribution is 2.28. The van der Waals surface area contributed by atoms with Crippen LogP contribution in [-0.4, -0.2) is 45.1 Å². The lowest BCUT2D eigenvalue weighted by molar-refractivity contribution is 0.179. The van der Waals surface area contributed by atoms with Crippen LogP contribution in [0.1, 0.15) is 24.7 Å². The van der Waals surface area contributed by atoms with Crippen molar-refractivity contribution in [3.63, 3.8) is 0 Å². The number of guanidine groups is 1. The second-order valence-corrected chi connectivity index (χ2v) is 6.48. The molecule has 6 heteroatoms. The fraction of sp³-hybridized carbons (Fsp3) is 0.562. The van der Waals surface area contributed by atoms with Gasteiger partial charge in [-0.1, -0.05) is 23.7 Å². The van der Waals surface area contributed by atoms with Gasteiger partial charge < -0.3 is 15.4 Å². The van der Waals surface area contributed by atoms with Gasteiger partial charge in [-0.15, -0.1) is 0 Å². The molecule has 4 nitrogen and oxygen atoms in total. The Labute approximate surface area is 143 Å². The first-order valence-electron chi connectivity index (χ1n) is 7.42. The fourth-order valence-corrected chi connectivity index (χ4v) is 2.88. The molecule has 0 fully saturated rings. The number of rotatable bonds is 8. The molecule has 22 heavy (non-hydrogen) atoms. The van der Waals surface area contributed by atoms with Crippen molar-refractivity contribution >= 4 is 29.3 Å². The second-order valence-electron chi connectivity index (χ2n) is 5.00. The van der Waals surface area contributed by atoms with E-state index in [0.29, 0.717) is 13.2 Å². The molecule has 0 heterocycles. The summed E-state index contributed by atoms with van der Waals surface area (Å²) in [4.78, 5) is 4.69. The van der Waals surface area contributed by atoms with Gasteiger partial charge in [-0.3, -0.25) is 4.99 Å². The third-order valence-corrected chi connectivity index (χ3v) is 4.29. The highest BCUT2D eigenvalue weighted by atomic mass is 35.5.